The number of hydrogen-bond acceptors (Lipinski definition) is 5. The summed E-state index contributed by atoms with van der Waals surface area (Å²) in [4.78, 5) is 7.24. The van der Waals surface area contributed by atoms with Gasteiger partial charge in [-0.15, -0.1) is 0 Å². The molecule has 0 aliphatic carbocycles. The van der Waals surface area contributed by atoms with Crippen molar-refractivity contribution in [2.24, 2.45) is 4.99 Å². The van der Waals surface area contributed by atoms with Crippen molar-refractivity contribution in [3.63, 3.8) is 0 Å². The largest absolute Gasteiger partial charge is 0.488 e. The van der Waals surface area contributed by atoms with Gasteiger partial charge in [0.2, 0.25) is 0 Å². The average Bonchev–Trinajstić information content (AvgIpc) is 3.24. The van der Waals surface area contributed by atoms with E-state index in [-0.39, 0.29) is 6.10 Å². The zero-order valence-electron chi connectivity index (χ0n) is 17.9. The second-order valence-electron chi connectivity index (χ2n) is 7.64. The number of aliphatic imine (C=N–C) groups is 1. The average molecular weight is 405 g/mol. The highest BCUT2D eigenvalue weighted by molar-refractivity contribution is 5.79. The summed E-state index contributed by atoms with van der Waals surface area (Å²) < 4.78 is 17.0. The van der Waals surface area contributed by atoms with Gasteiger partial charge in [-0.3, -0.25) is 4.90 Å². The summed E-state index contributed by atoms with van der Waals surface area (Å²) in [6, 6.07) is 6.34. The molecule has 2 aliphatic heterocycles. The van der Waals surface area contributed by atoms with E-state index in [2.05, 4.69) is 47.6 Å². The van der Waals surface area contributed by atoms with Gasteiger partial charge < -0.3 is 24.8 Å². The van der Waals surface area contributed by atoms with Gasteiger partial charge in [-0.2, -0.15) is 0 Å². The van der Waals surface area contributed by atoms with Crippen LogP contribution in [0.5, 0.6) is 5.75 Å². The molecule has 0 bridgehead atoms. The van der Waals surface area contributed by atoms with E-state index in [9.17, 15) is 0 Å². The molecule has 0 spiro atoms. The first-order valence-corrected chi connectivity index (χ1v) is 10.9. The second kappa shape index (κ2) is 12.0. The number of benzene rings is 1. The Labute approximate surface area is 174 Å². The van der Waals surface area contributed by atoms with Crippen molar-refractivity contribution in [2.75, 3.05) is 59.2 Å². The monoisotopic (exact) mass is 404 g/mol. The standard InChI is InChI=1S/C22H36N4O3/c1-3-23-22(24-8-4-9-26-10-13-27-14-11-26)25-16-19-6-5-18(2)15-21(19)29-20-7-12-28-17-20/h5-6,15,20H,3-4,7-14,16-17H2,1-2H3,(H2,23,24,25). The van der Waals surface area contributed by atoms with Gasteiger partial charge in [-0.05, 0) is 38.4 Å². The first-order valence-electron chi connectivity index (χ1n) is 10.9. The lowest BCUT2D eigenvalue weighted by Gasteiger charge is -2.26. The molecule has 1 unspecified atom stereocenters. The van der Waals surface area contributed by atoms with Crippen molar-refractivity contribution < 1.29 is 14.2 Å². The van der Waals surface area contributed by atoms with Crippen LogP contribution in [0.2, 0.25) is 0 Å². The minimum Gasteiger partial charge on any atom is -0.488 e. The molecule has 162 valence electrons. The molecular weight excluding hydrogens is 368 g/mol. The van der Waals surface area contributed by atoms with Crippen LogP contribution in [0.1, 0.15) is 30.9 Å². The molecular formula is C22H36N4O3. The molecule has 0 radical (unpaired) electrons. The van der Waals surface area contributed by atoms with Crippen LogP contribution in [0.4, 0.5) is 0 Å². The van der Waals surface area contributed by atoms with Gasteiger partial charge in [0, 0.05) is 38.2 Å². The van der Waals surface area contributed by atoms with Crippen LogP contribution < -0.4 is 15.4 Å². The molecule has 1 atom stereocenters. The summed E-state index contributed by atoms with van der Waals surface area (Å²) >= 11 is 0. The first-order chi connectivity index (χ1) is 14.2. The molecule has 7 heteroatoms. The minimum atomic E-state index is 0.145. The first kappa shape index (κ1) is 21.9. The Bertz CT molecular complexity index is 641. The van der Waals surface area contributed by atoms with E-state index in [4.69, 9.17) is 19.2 Å². The number of guanidine groups is 1. The zero-order valence-corrected chi connectivity index (χ0v) is 17.9. The maximum absolute atomic E-state index is 6.19. The van der Waals surface area contributed by atoms with E-state index in [0.29, 0.717) is 13.2 Å². The SMILES string of the molecule is CCNC(=NCc1ccc(C)cc1OC1CCOC1)NCCCN1CCOCC1. The third-order valence-corrected chi connectivity index (χ3v) is 5.20. The lowest BCUT2D eigenvalue weighted by atomic mass is 10.1. The minimum absolute atomic E-state index is 0.145. The molecule has 2 aliphatic rings. The third-order valence-electron chi connectivity index (χ3n) is 5.20. The van der Waals surface area contributed by atoms with Gasteiger partial charge in [0.05, 0.1) is 33.0 Å². The van der Waals surface area contributed by atoms with Crippen LogP contribution in [-0.4, -0.2) is 76.1 Å². The molecule has 0 saturated carbocycles. The van der Waals surface area contributed by atoms with Crippen LogP contribution in [0.25, 0.3) is 0 Å². The highest BCUT2D eigenvalue weighted by Crippen LogP contribution is 2.24. The molecule has 3 rings (SSSR count). The topological polar surface area (TPSA) is 67.4 Å². The maximum atomic E-state index is 6.19. The normalized spacial score (nSPS) is 20.6. The van der Waals surface area contributed by atoms with E-state index in [1.165, 1.54) is 5.56 Å². The molecule has 2 N–H and O–H groups in total. The molecule has 7 nitrogen and oxygen atoms in total. The van der Waals surface area contributed by atoms with Gasteiger partial charge in [-0.25, -0.2) is 4.99 Å². The Hall–Kier alpha value is -1.83. The highest BCUT2D eigenvalue weighted by Gasteiger charge is 2.18. The molecule has 1 aromatic rings. The van der Waals surface area contributed by atoms with Crippen LogP contribution in [-0.2, 0) is 16.0 Å². The van der Waals surface area contributed by atoms with Crippen LogP contribution in [0.15, 0.2) is 23.2 Å². The number of rotatable bonds is 9. The van der Waals surface area contributed by atoms with E-state index in [0.717, 1.165) is 82.7 Å². The number of nitrogens with zero attached hydrogens (tertiary/aromatic N) is 2. The van der Waals surface area contributed by atoms with Crippen molar-refractivity contribution in [3.8, 4) is 5.75 Å². The van der Waals surface area contributed by atoms with Crippen LogP contribution >= 0.6 is 0 Å². The quantitative estimate of drug-likeness (QED) is 0.373. The molecule has 0 aromatic heterocycles. The summed E-state index contributed by atoms with van der Waals surface area (Å²) in [6.07, 6.45) is 2.18. The van der Waals surface area contributed by atoms with E-state index in [1.807, 2.05) is 0 Å². The Balaban J connectivity index is 1.51. The molecule has 1 aromatic carbocycles. The number of ether oxygens (including phenoxy) is 3. The molecule has 2 heterocycles. The number of morpholine rings is 1. The fraction of sp³-hybridized carbons (Fsp3) is 0.682. The molecule has 29 heavy (non-hydrogen) atoms. The number of aryl methyl sites for hydroxylation is 1. The smallest absolute Gasteiger partial charge is 0.191 e. The van der Waals surface area contributed by atoms with Crippen molar-refractivity contribution in [3.05, 3.63) is 29.3 Å². The number of hydrogen-bond donors (Lipinski definition) is 2. The van der Waals surface area contributed by atoms with Crippen molar-refractivity contribution in [1.82, 2.24) is 15.5 Å². The summed E-state index contributed by atoms with van der Waals surface area (Å²) in [5.74, 6) is 1.78. The maximum Gasteiger partial charge on any atom is 0.191 e. The zero-order chi connectivity index (χ0) is 20.3. The van der Waals surface area contributed by atoms with Gasteiger partial charge in [0.25, 0.3) is 0 Å². The van der Waals surface area contributed by atoms with Crippen LogP contribution in [0.3, 0.4) is 0 Å². The van der Waals surface area contributed by atoms with E-state index in [1.54, 1.807) is 0 Å². The highest BCUT2D eigenvalue weighted by atomic mass is 16.5. The number of nitrogens with one attached hydrogen (secondary N) is 2. The Morgan fingerprint density at radius 1 is 1.21 bits per heavy atom. The van der Waals surface area contributed by atoms with Gasteiger partial charge in [0.1, 0.15) is 11.9 Å². The van der Waals surface area contributed by atoms with Crippen molar-refractivity contribution in [1.29, 1.82) is 0 Å². The van der Waals surface area contributed by atoms with Gasteiger partial charge in [0.15, 0.2) is 5.96 Å². The fourth-order valence-corrected chi connectivity index (χ4v) is 3.53. The summed E-state index contributed by atoms with van der Waals surface area (Å²) in [7, 11) is 0. The van der Waals surface area contributed by atoms with Crippen molar-refractivity contribution in [2.45, 2.75) is 39.3 Å². The van der Waals surface area contributed by atoms with Gasteiger partial charge in [-0.1, -0.05) is 12.1 Å². The predicted molar refractivity (Wildman–Crippen MR) is 116 cm³/mol. The van der Waals surface area contributed by atoms with E-state index < -0.39 is 0 Å². The Kier molecular flexibility index (Phi) is 9.05. The molecule has 0 amide bonds. The summed E-state index contributed by atoms with van der Waals surface area (Å²) in [5, 5.41) is 6.79. The van der Waals surface area contributed by atoms with Crippen LogP contribution in [0, 0.1) is 6.92 Å². The third kappa shape index (κ3) is 7.49. The Morgan fingerprint density at radius 2 is 2.07 bits per heavy atom. The van der Waals surface area contributed by atoms with Crippen molar-refractivity contribution >= 4 is 5.96 Å². The second-order valence-corrected chi connectivity index (χ2v) is 7.64. The van der Waals surface area contributed by atoms with Gasteiger partial charge >= 0.3 is 0 Å². The predicted octanol–water partition coefficient (Wildman–Crippen LogP) is 1.94. The Morgan fingerprint density at radius 3 is 2.83 bits per heavy atom. The molecule has 2 saturated heterocycles. The fourth-order valence-electron chi connectivity index (χ4n) is 3.53. The lowest BCUT2D eigenvalue weighted by molar-refractivity contribution is 0.0376. The summed E-state index contributed by atoms with van der Waals surface area (Å²) in [6.45, 7) is 12.8. The molecule has 2 fully saturated rings. The van der Waals surface area contributed by atoms with E-state index >= 15 is 0 Å². The summed E-state index contributed by atoms with van der Waals surface area (Å²) in [5.41, 5.74) is 2.30. The lowest BCUT2D eigenvalue weighted by Crippen LogP contribution is -2.40.